The molecule has 1 atom stereocenters. The molecular weight excluding hydrogens is 150 g/mol. The molecule has 1 unspecified atom stereocenters. The largest absolute Gasteiger partial charge is 0.480 e. The van der Waals surface area contributed by atoms with Crippen LogP contribution in [0.2, 0.25) is 0 Å². The van der Waals surface area contributed by atoms with Gasteiger partial charge in [0.15, 0.2) is 6.04 Å². The lowest BCUT2D eigenvalue weighted by Crippen LogP contribution is -2.42. The lowest BCUT2D eigenvalue weighted by molar-refractivity contribution is -0.142. The summed E-state index contributed by atoms with van der Waals surface area (Å²) >= 11 is 0. The van der Waals surface area contributed by atoms with Crippen LogP contribution in [0.4, 0.5) is 0 Å². The molecule has 0 aliphatic heterocycles. The molecule has 5 nitrogen and oxygen atoms in total. The van der Waals surface area contributed by atoms with Crippen molar-refractivity contribution in [2.75, 3.05) is 6.61 Å². The maximum Gasteiger partial charge on any atom is 0.328 e. The standard InChI is InChI=1S/C6H7NO4/c1-2-5(9)7-4(3-8)6(10)11/h1,4,8H,3H2,(H,7,9)(H,10,11). The third-order valence-corrected chi connectivity index (χ3v) is 0.917. The van der Waals surface area contributed by atoms with Crippen LogP contribution >= 0.6 is 0 Å². The fourth-order valence-electron chi connectivity index (χ4n) is 0.385. The number of hydrogen-bond acceptors (Lipinski definition) is 3. The molecule has 11 heavy (non-hydrogen) atoms. The molecule has 5 heteroatoms. The highest BCUT2D eigenvalue weighted by Crippen LogP contribution is 1.80. The SMILES string of the molecule is C#CC(=O)NC(CO)C(=O)O. The van der Waals surface area contributed by atoms with Crippen LogP contribution in [0.25, 0.3) is 0 Å². The van der Waals surface area contributed by atoms with E-state index >= 15 is 0 Å². The number of carboxylic acids is 1. The molecule has 0 bridgehead atoms. The van der Waals surface area contributed by atoms with E-state index in [0.29, 0.717) is 0 Å². The van der Waals surface area contributed by atoms with Crippen molar-refractivity contribution in [1.82, 2.24) is 5.32 Å². The molecule has 0 aromatic heterocycles. The van der Waals surface area contributed by atoms with Crippen molar-refractivity contribution in [2.24, 2.45) is 0 Å². The van der Waals surface area contributed by atoms with E-state index in [4.69, 9.17) is 10.2 Å². The van der Waals surface area contributed by atoms with Crippen molar-refractivity contribution in [3.63, 3.8) is 0 Å². The molecule has 0 rings (SSSR count). The van der Waals surface area contributed by atoms with E-state index in [2.05, 4.69) is 6.42 Å². The first-order chi connectivity index (χ1) is 5.11. The van der Waals surface area contributed by atoms with Crippen LogP contribution in [0, 0.1) is 12.3 Å². The average molecular weight is 157 g/mol. The summed E-state index contributed by atoms with van der Waals surface area (Å²) in [5, 5.41) is 18.5. The smallest absolute Gasteiger partial charge is 0.328 e. The summed E-state index contributed by atoms with van der Waals surface area (Å²) in [7, 11) is 0. The minimum Gasteiger partial charge on any atom is -0.480 e. The quantitative estimate of drug-likeness (QED) is 0.421. The molecule has 0 aromatic rings. The third kappa shape index (κ3) is 3.23. The van der Waals surface area contributed by atoms with Crippen LogP contribution in [0.1, 0.15) is 0 Å². The Kier molecular flexibility index (Phi) is 3.70. The summed E-state index contributed by atoms with van der Waals surface area (Å²) in [6, 6.07) is -1.32. The van der Waals surface area contributed by atoms with Gasteiger partial charge in [0.05, 0.1) is 6.61 Å². The molecule has 0 fully saturated rings. The highest BCUT2D eigenvalue weighted by atomic mass is 16.4. The Morgan fingerprint density at radius 1 is 1.64 bits per heavy atom. The summed E-state index contributed by atoms with van der Waals surface area (Å²) in [6.07, 6.45) is 4.64. The number of nitrogens with one attached hydrogen (secondary N) is 1. The molecule has 0 heterocycles. The molecule has 0 aromatic carbocycles. The Hall–Kier alpha value is -1.54. The normalized spacial score (nSPS) is 11.3. The fourth-order valence-corrected chi connectivity index (χ4v) is 0.385. The number of carbonyl (C=O) groups excluding carboxylic acids is 1. The first kappa shape index (κ1) is 9.46. The van der Waals surface area contributed by atoms with Crippen molar-refractivity contribution < 1.29 is 19.8 Å². The highest BCUT2D eigenvalue weighted by molar-refractivity contribution is 5.95. The molecule has 0 saturated heterocycles. The van der Waals surface area contributed by atoms with Crippen molar-refractivity contribution in [3.05, 3.63) is 0 Å². The second kappa shape index (κ2) is 4.30. The van der Waals surface area contributed by atoms with Gasteiger partial charge in [-0.3, -0.25) is 4.79 Å². The predicted molar refractivity (Wildman–Crippen MR) is 35.5 cm³/mol. The minimum atomic E-state index is -1.32. The molecule has 0 aliphatic carbocycles. The van der Waals surface area contributed by atoms with Crippen LogP contribution in [-0.2, 0) is 9.59 Å². The maximum atomic E-state index is 10.4. The number of amides is 1. The van der Waals surface area contributed by atoms with E-state index in [1.807, 2.05) is 5.32 Å². The van der Waals surface area contributed by atoms with E-state index in [1.54, 1.807) is 5.92 Å². The molecular formula is C6H7NO4. The topological polar surface area (TPSA) is 86.6 Å². The maximum absolute atomic E-state index is 10.4. The zero-order valence-corrected chi connectivity index (χ0v) is 5.57. The number of carbonyl (C=O) groups is 2. The first-order valence-electron chi connectivity index (χ1n) is 2.72. The van der Waals surface area contributed by atoms with Gasteiger partial charge in [0.2, 0.25) is 0 Å². The van der Waals surface area contributed by atoms with Crippen molar-refractivity contribution in [3.8, 4) is 12.3 Å². The first-order valence-corrected chi connectivity index (χ1v) is 2.72. The summed E-state index contributed by atoms with van der Waals surface area (Å²) < 4.78 is 0. The van der Waals surface area contributed by atoms with E-state index in [9.17, 15) is 9.59 Å². The summed E-state index contributed by atoms with van der Waals surface area (Å²) in [5.74, 6) is -0.518. The van der Waals surface area contributed by atoms with Crippen LogP contribution in [0.3, 0.4) is 0 Å². The molecule has 0 spiro atoms. The number of aliphatic carboxylic acids is 1. The highest BCUT2D eigenvalue weighted by Gasteiger charge is 2.16. The summed E-state index contributed by atoms with van der Waals surface area (Å²) in [6.45, 7) is -0.678. The van der Waals surface area contributed by atoms with Crippen molar-refractivity contribution >= 4 is 11.9 Å². The van der Waals surface area contributed by atoms with Gasteiger partial charge in [-0.25, -0.2) is 4.79 Å². The van der Waals surface area contributed by atoms with Gasteiger partial charge in [0.25, 0.3) is 5.91 Å². The van der Waals surface area contributed by atoms with Crippen molar-refractivity contribution in [1.29, 1.82) is 0 Å². The second-order valence-corrected chi connectivity index (χ2v) is 1.69. The number of carboxylic acid groups (broad SMARTS) is 1. The van der Waals surface area contributed by atoms with Gasteiger partial charge in [0, 0.05) is 0 Å². The van der Waals surface area contributed by atoms with Gasteiger partial charge in [-0.1, -0.05) is 0 Å². The van der Waals surface area contributed by atoms with Gasteiger partial charge >= 0.3 is 5.97 Å². The molecule has 1 amide bonds. The zero-order valence-electron chi connectivity index (χ0n) is 5.57. The van der Waals surface area contributed by atoms with Crippen LogP contribution < -0.4 is 5.32 Å². The van der Waals surface area contributed by atoms with Gasteiger partial charge < -0.3 is 15.5 Å². The van der Waals surface area contributed by atoms with E-state index in [1.165, 1.54) is 0 Å². The monoisotopic (exact) mass is 157 g/mol. The number of aliphatic hydroxyl groups excluding tert-OH is 1. The van der Waals surface area contributed by atoms with E-state index in [-0.39, 0.29) is 0 Å². The van der Waals surface area contributed by atoms with Crippen LogP contribution in [0.15, 0.2) is 0 Å². The van der Waals surface area contributed by atoms with E-state index in [0.717, 1.165) is 0 Å². The summed E-state index contributed by atoms with van der Waals surface area (Å²) in [5.41, 5.74) is 0. The Bertz CT molecular complexity index is 205. The van der Waals surface area contributed by atoms with Gasteiger partial charge in [0.1, 0.15) is 0 Å². The molecule has 0 aliphatic rings. The number of terminal acetylenes is 1. The van der Waals surface area contributed by atoms with Gasteiger partial charge in [-0.05, 0) is 5.92 Å². The van der Waals surface area contributed by atoms with Gasteiger partial charge in [-0.2, -0.15) is 0 Å². The third-order valence-electron chi connectivity index (χ3n) is 0.917. The molecule has 0 saturated carbocycles. The minimum absolute atomic E-state index is 0.678. The fraction of sp³-hybridized carbons (Fsp3) is 0.333. The second-order valence-electron chi connectivity index (χ2n) is 1.69. The van der Waals surface area contributed by atoms with Crippen molar-refractivity contribution in [2.45, 2.75) is 6.04 Å². The Morgan fingerprint density at radius 2 is 2.18 bits per heavy atom. The molecule has 0 radical (unpaired) electrons. The average Bonchev–Trinajstić information content (AvgIpc) is 1.99. The van der Waals surface area contributed by atoms with E-state index < -0.39 is 24.5 Å². The summed E-state index contributed by atoms with van der Waals surface area (Å²) in [4.78, 5) is 20.5. The Labute approximate surface area is 63.0 Å². The number of aliphatic hydroxyl groups is 1. The molecule has 3 N–H and O–H groups in total. The van der Waals surface area contributed by atoms with Gasteiger partial charge in [-0.15, -0.1) is 6.42 Å². The van der Waals surface area contributed by atoms with Crippen LogP contribution in [0.5, 0.6) is 0 Å². The predicted octanol–water partition coefficient (Wildman–Crippen LogP) is -1.82. The lowest BCUT2D eigenvalue weighted by Gasteiger charge is -2.07. The Balaban J connectivity index is 4.01. The number of rotatable bonds is 3. The zero-order chi connectivity index (χ0) is 8.85. The lowest BCUT2D eigenvalue weighted by atomic mass is 10.3. The van der Waals surface area contributed by atoms with Crippen LogP contribution in [-0.4, -0.2) is 34.7 Å². The number of hydrogen-bond donors (Lipinski definition) is 3. The Morgan fingerprint density at radius 3 is 2.45 bits per heavy atom. The molecule has 60 valence electrons.